The van der Waals surface area contributed by atoms with E-state index in [0.29, 0.717) is 12.1 Å². The lowest BCUT2D eigenvalue weighted by Crippen LogP contribution is -2.21. The van der Waals surface area contributed by atoms with Crippen LogP contribution in [0.5, 0.6) is 0 Å². The average Bonchev–Trinajstić information content (AvgIpc) is 2.77. The smallest absolute Gasteiger partial charge is 0.0391 e. The van der Waals surface area contributed by atoms with E-state index in [0.717, 1.165) is 4.47 Å². The summed E-state index contributed by atoms with van der Waals surface area (Å²) in [5, 5.41) is 5.70. The van der Waals surface area contributed by atoms with Gasteiger partial charge in [0.2, 0.25) is 0 Å². The third-order valence-electron chi connectivity index (χ3n) is 2.72. The van der Waals surface area contributed by atoms with Crippen molar-refractivity contribution < 1.29 is 0 Å². The first-order chi connectivity index (χ1) is 8.16. The van der Waals surface area contributed by atoms with Gasteiger partial charge in [-0.25, -0.2) is 0 Å². The zero-order chi connectivity index (χ0) is 12.3. The van der Waals surface area contributed by atoms with Gasteiger partial charge in [0.1, 0.15) is 0 Å². The maximum absolute atomic E-state index is 4.04. The Balaban J connectivity index is 2.02. The van der Waals surface area contributed by atoms with Crippen molar-refractivity contribution in [3.8, 4) is 0 Å². The van der Waals surface area contributed by atoms with Crippen molar-refractivity contribution in [3.63, 3.8) is 0 Å². The molecule has 0 aromatic carbocycles. The van der Waals surface area contributed by atoms with Gasteiger partial charge in [0.05, 0.1) is 0 Å². The minimum absolute atomic E-state index is 0.328. The van der Waals surface area contributed by atoms with Gasteiger partial charge in [-0.3, -0.25) is 4.98 Å². The molecule has 2 aromatic heterocycles. The van der Waals surface area contributed by atoms with Crippen LogP contribution in [0.3, 0.4) is 0 Å². The number of nitrogens with zero attached hydrogens (tertiary/aromatic N) is 1. The van der Waals surface area contributed by atoms with Crippen molar-refractivity contribution >= 4 is 27.3 Å². The molecule has 0 saturated heterocycles. The fraction of sp³-hybridized carbons (Fsp3) is 0.308. The molecule has 2 nitrogen and oxygen atoms in total. The molecule has 2 heterocycles. The number of hydrogen-bond acceptors (Lipinski definition) is 3. The van der Waals surface area contributed by atoms with Crippen LogP contribution in [0, 0.1) is 0 Å². The molecule has 0 aliphatic carbocycles. The molecule has 0 radical (unpaired) electrons. The molecule has 1 unspecified atom stereocenters. The fourth-order valence-electron chi connectivity index (χ4n) is 1.76. The molecule has 0 fully saturated rings. The summed E-state index contributed by atoms with van der Waals surface area (Å²) in [5.74, 6) is 0. The molecule has 0 aliphatic heterocycles. The van der Waals surface area contributed by atoms with Crippen molar-refractivity contribution in [1.82, 2.24) is 10.3 Å². The first-order valence-corrected chi connectivity index (χ1v) is 7.24. The normalized spacial score (nSPS) is 14.5. The van der Waals surface area contributed by atoms with Crippen molar-refractivity contribution in [2.45, 2.75) is 25.9 Å². The highest BCUT2D eigenvalue weighted by atomic mass is 79.9. The summed E-state index contributed by atoms with van der Waals surface area (Å²) in [7, 11) is 0. The second-order valence-corrected chi connectivity index (χ2v) is 5.92. The zero-order valence-electron chi connectivity index (χ0n) is 9.85. The van der Waals surface area contributed by atoms with E-state index in [1.165, 1.54) is 10.4 Å². The lowest BCUT2D eigenvalue weighted by Gasteiger charge is -2.19. The highest BCUT2D eigenvalue weighted by molar-refractivity contribution is 9.10. The molecule has 2 aromatic rings. The van der Waals surface area contributed by atoms with Gasteiger partial charge in [0.25, 0.3) is 0 Å². The van der Waals surface area contributed by atoms with Crippen molar-refractivity contribution in [2.24, 2.45) is 0 Å². The molecular weight excluding hydrogens is 296 g/mol. The molecular formula is C13H15BrN2S. The molecule has 2 rings (SSSR count). The van der Waals surface area contributed by atoms with E-state index in [1.54, 1.807) is 11.3 Å². The van der Waals surface area contributed by atoms with E-state index in [2.05, 4.69) is 63.7 Å². The molecule has 2 atom stereocenters. The maximum Gasteiger partial charge on any atom is 0.0391 e. The van der Waals surface area contributed by atoms with Crippen LogP contribution in [0.2, 0.25) is 0 Å². The van der Waals surface area contributed by atoms with E-state index in [9.17, 15) is 0 Å². The number of pyridine rings is 1. The number of aromatic nitrogens is 1. The van der Waals surface area contributed by atoms with Crippen LogP contribution >= 0.6 is 27.3 Å². The van der Waals surface area contributed by atoms with Crippen molar-refractivity contribution in [1.29, 1.82) is 0 Å². The molecule has 17 heavy (non-hydrogen) atoms. The Morgan fingerprint density at radius 1 is 1.24 bits per heavy atom. The number of hydrogen-bond donors (Lipinski definition) is 1. The summed E-state index contributed by atoms with van der Waals surface area (Å²) < 4.78 is 1.16. The fourth-order valence-corrected chi connectivity index (χ4v) is 3.22. The summed E-state index contributed by atoms with van der Waals surface area (Å²) in [6, 6.07) is 6.95. The number of nitrogens with one attached hydrogen (secondary N) is 1. The Kier molecular flexibility index (Phi) is 4.31. The van der Waals surface area contributed by atoms with Crippen LogP contribution in [-0.2, 0) is 0 Å². The van der Waals surface area contributed by atoms with Gasteiger partial charge < -0.3 is 5.32 Å². The van der Waals surface area contributed by atoms with Crippen LogP contribution in [0.25, 0.3) is 0 Å². The first kappa shape index (κ1) is 12.7. The minimum atomic E-state index is 0.328. The van der Waals surface area contributed by atoms with Gasteiger partial charge in [-0.15, -0.1) is 11.3 Å². The van der Waals surface area contributed by atoms with Gasteiger partial charge in [0, 0.05) is 39.2 Å². The van der Waals surface area contributed by atoms with E-state index in [1.807, 2.05) is 12.4 Å². The molecule has 1 N–H and O–H groups in total. The second kappa shape index (κ2) is 5.76. The summed E-state index contributed by atoms with van der Waals surface area (Å²) in [6.07, 6.45) is 3.67. The van der Waals surface area contributed by atoms with E-state index in [4.69, 9.17) is 0 Å². The lowest BCUT2D eigenvalue weighted by molar-refractivity contribution is 0.500. The predicted molar refractivity (Wildman–Crippen MR) is 76.2 cm³/mol. The summed E-state index contributed by atoms with van der Waals surface area (Å²) in [6.45, 7) is 4.37. The van der Waals surface area contributed by atoms with Gasteiger partial charge in [0.15, 0.2) is 0 Å². The quantitative estimate of drug-likeness (QED) is 0.909. The molecule has 0 spiro atoms. The molecule has 4 heteroatoms. The van der Waals surface area contributed by atoms with Crippen LogP contribution in [0.1, 0.15) is 36.4 Å². The Bertz CT molecular complexity index is 469. The van der Waals surface area contributed by atoms with Gasteiger partial charge in [-0.05, 0) is 53.5 Å². The molecule has 0 amide bonds. The first-order valence-electron chi connectivity index (χ1n) is 5.56. The topological polar surface area (TPSA) is 24.9 Å². The largest absolute Gasteiger partial charge is 0.303 e. The van der Waals surface area contributed by atoms with E-state index in [-0.39, 0.29) is 0 Å². The average molecular weight is 311 g/mol. The number of rotatable bonds is 4. The molecule has 0 aliphatic rings. The Morgan fingerprint density at radius 2 is 1.94 bits per heavy atom. The number of thiophene rings is 1. The van der Waals surface area contributed by atoms with Crippen LogP contribution in [0.15, 0.2) is 40.4 Å². The second-order valence-electron chi connectivity index (χ2n) is 4.06. The summed E-state index contributed by atoms with van der Waals surface area (Å²) in [4.78, 5) is 5.38. The van der Waals surface area contributed by atoms with Crippen molar-refractivity contribution in [2.75, 3.05) is 0 Å². The van der Waals surface area contributed by atoms with Gasteiger partial charge >= 0.3 is 0 Å². The SMILES string of the molecule is CC(N[C@H](C)c1ccncc1)c1cc(Br)cs1. The minimum Gasteiger partial charge on any atom is -0.303 e. The van der Waals surface area contributed by atoms with E-state index >= 15 is 0 Å². The maximum atomic E-state index is 4.04. The third-order valence-corrected chi connectivity index (χ3v) is 4.60. The van der Waals surface area contributed by atoms with Crippen LogP contribution in [-0.4, -0.2) is 4.98 Å². The van der Waals surface area contributed by atoms with Crippen molar-refractivity contribution in [3.05, 3.63) is 50.9 Å². The Morgan fingerprint density at radius 3 is 2.53 bits per heavy atom. The third kappa shape index (κ3) is 3.37. The van der Waals surface area contributed by atoms with Crippen LogP contribution in [0.4, 0.5) is 0 Å². The molecule has 0 saturated carbocycles. The Labute approximate surface area is 114 Å². The Hall–Kier alpha value is -0.710. The summed E-state index contributed by atoms with van der Waals surface area (Å²) in [5.41, 5.74) is 1.27. The molecule has 90 valence electrons. The monoisotopic (exact) mass is 310 g/mol. The highest BCUT2D eigenvalue weighted by Gasteiger charge is 2.12. The predicted octanol–water partition coefficient (Wildman–Crippen LogP) is 4.32. The van der Waals surface area contributed by atoms with Gasteiger partial charge in [-0.2, -0.15) is 0 Å². The lowest BCUT2D eigenvalue weighted by atomic mass is 10.1. The summed E-state index contributed by atoms with van der Waals surface area (Å²) >= 11 is 5.26. The standard InChI is InChI=1S/C13H15BrN2S/c1-9(11-3-5-15-6-4-11)16-10(2)13-7-12(14)8-17-13/h3-10,16H,1-2H3/t9-,10?/m1/s1. The molecule has 0 bridgehead atoms. The van der Waals surface area contributed by atoms with E-state index < -0.39 is 0 Å². The number of halogens is 1. The highest BCUT2D eigenvalue weighted by Crippen LogP contribution is 2.27. The van der Waals surface area contributed by atoms with Gasteiger partial charge in [-0.1, -0.05) is 0 Å². The van der Waals surface area contributed by atoms with Crippen LogP contribution < -0.4 is 5.32 Å². The zero-order valence-corrected chi connectivity index (χ0v) is 12.3.